The van der Waals surface area contributed by atoms with E-state index in [-0.39, 0.29) is 5.92 Å². The third-order valence-electron chi connectivity index (χ3n) is 2.21. The smallest absolute Gasteiger partial charge is 0.320 e. The first-order chi connectivity index (χ1) is 5.11. The van der Waals surface area contributed by atoms with E-state index in [2.05, 4.69) is 4.79 Å². The number of aliphatic carboxylic acids is 1. The van der Waals surface area contributed by atoms with Crippen LogP contribution in [0.2, 0.25) is 0 Å². The molecule has 11 heavy (non-hydrogen) atoms. The zero-order chi connectivity index (χ0) is 8.48. The number of carbonyl (C=O) groups is 1. The van der Waals surface area contributed by atoms with Crippen molar-refractivity contribution >= 4 is 12.2 Å². The minimum atomic E-state index is -0.964. The predicted octanol–water partition coefficient (Wildman–Crippen LogP) is 0.788. The van der Waals surface area contributed by atoms with Gasteiger partial charge < -0.3 is 10.6 Å². The SMILES string of the molecule is CC(C=[N+]=[N-])(C(=O)O)C1CC1. The summed E-state index contributed by atoms with van der Waals surface area (Å²) in [4.78, 5) is 13.5. The third-order valence-corrected chi connectivity index (χ3v) is 2.21. The monoisotopic (exact) mass is 154 g/mol. The first-order valence-corrected chi connectivity index (χ1v) is 3.53. The van der Waals surface area contributed by atoms with Crippen LogP contribution in [0.5, 0.6) is 0 Å². The second kappa shape index (κ2) is 2.47. The van der Waals surface area contributed by atoms with E-state index in [0.29, 0.717) is 0 Å². The summed E-state index contributed by atoms with van der Waals surface area (Å²) < 4.78 is 0. The van der Waals surface area contributed by atoms with Crippen LogP contribution in [0.4, 0.5) is 0 Å². The number of carboxylic acids is 1. The average molecular weight is 154 g/mol. The fraction of sp³-hybridized carbons (Fsp3) is 0.714. The van der Waals surface area contributed by atoms with E-state index in [1.54, 1.807) is 6.92 Å². The summed E-state index contributed by atoms with van der Waals surface area (Å²) in [5, 5.41) is 8.77. The molecule has 0 radical (unpaired) electrons. The van der Waals surface area contributed by atoms with Gasteiger partial charge in [-0.05, 0) is 25.7 Å². The number of rotatable bonds is 3. The van der Waals surface area contributed by atoms with Crippen molar-refractivity contribution < 1.29 is 14.7 Å². The predicted molar refractivity (Wildman–Crippen MR) is 38.2 cm³/mol. The molecule has 0 heterocycles. The van der Waals surface area contributed by atoms with Crippen LogP contribution in [0.25, 0.3) is 5.53 Å². The molecular formula is C7H10N2O2. The van der Waals surface area contributed by atoms with Crippen molar-refractivity contribution in [1.29, 1.82) is 0 Å². The molecule has 1 aliphatic carbocycles. The molecule has 4 nitrogen and oxygen atoms in total. The third kappa shape index (κ3) is 1.30. The van der Waals surface area contributed by atoms with Crippen molar-refractivity contribution in [3.63, 3.8) is 0 Å². The van der Waals surface area contributed by atoms with Crippen molar-refractivity contribution in [1.82, 2.24) is 0 Å². The number of nitrogens with zero attached hydrogens (tertiary/aromatic N) is 2. The van der Waals surface area contributed by atoms with E-state index in [1.807, 2.05) is 0 Å². The number of carboxylic acid groups (broad SMARTS) is 1. The van der Waals surface area contributed by atoms with Crippen LogP contribution in [-0.4, -0.2) is 22.1 Å². The molecule has 1 fully saturated rings. The topological polar surface area (TPSA) is 73.7 Å². The largest absolute Gasteiger partial charge is 0.480 e. The Hall–Kier alpha value is -1.15. The minimum Gasteiger partial charge on any atom is -0.480 e. The van der Waals surface area contributed by atoms with Crippen molar-refractivity contribution in [2.45, 2.75) is 19.8 Å². The van der Waals surface area contributed by atoms with Gasteiger partial charge in [0.15, 0.2) is 5.41 Å². The van der Waals surface area contributed by atoms with E-state index >= 15 is 0 Å². The molecule has 0 aliphatic heterocycles. The van der Waals surface area contributed by atoms with Gasteiger partial charge in [0, 0.05) is 0 Å². The van der Waals surface area contributed by atoms with Gasteiger partial charge >= 0.3 is 5.97 Å². The molecule has 1 aliphatic rings. The lowest BCUT2D eigenvalue weighted by molar-refractivity contribution is -0.146. The molecule has 1 rings (SSSR count). The molecule has 60 valence electrons. The summed E-state index contributed by atoms with van der Waals surface area (Å²) in [5.41, 5.74) is 7.27. The van der Waals surface area contributed by atoms with Gasteiger partial charge in [0.1, 0.15) is 0 Å². The zero-order valence-electron chi connectivity index (χ0n) is 6.32. The summed E-state index contributed by atoms with van der Waals surface area (Å²) in [6, 6.07) is 0. The van der Waals surface area contributed by atoms with E-state index < -0.39 is 11.4 Å². The first-order valence-electron chi connectivity index (χ1n) is 3.53. The maximum Gasteiger partial charge on any atom is 0.320 e. The molecule has 0 saturated heterocycles. The molecule has 1 unspecified atom stereocenters. The normalized spacial score (nSPS) is 21.5. The Morgan fingerprint density at radius 2 is 2.36 bits per heavy atom. The molecule has 0 amide bonds. The highest BCUT2D eigenvalue weighted by atomic mass is 16.4. The van der Waals surface area contributed by atoms with Crippen molar-refractivity contribution in [2.24, 2.45) is 11.3 Å². The van der Waals surface area contributed by atoms with E-state index in [4.69, 9.17) is 10.6 Å². The lowest BCUT2D eigenvalue weighted by atomic mass is 9.87. The number of hydrogen-bond acceptors (Lipinski definition) is 1. The molecule has 0 aromatic rings. The second-order valence-electron chi connectivity index (χ2n) is 3.11. The quantitative estimate of drug-likeness (QED) is 0.370. The summed E-state index contributed by atoms with van der Waals surface area (Å²) in [6.07, 6.45) is 2.93. The molecular weight excluding hydrogens is 144 g/mol. The summed E-state index contributed by atoms with van der Waals surface area (Å²) in [5.74, 6) is -0.770. The van der Waals surface area contributed by atoms with E-state index in [1.165, 1.54) is 0 Å². The Morgan fingerprint density at radius 3 is 2.64 bits per heavy atom. The molecule has 1 N–H and O–H groups in total. The van der Waals surface area contributed by atoms with Gasteiger partial charge in [0.05, 0.1) is 0 Å². The molecule has 0 aromatic heterocycles. The Bertz CT molecular complexity index is 225. The Morgan fingerprint density at radius 1 is 1.82 bits per heavy atom. The highest BCUT2D eigenvalue weighted by Gasteiger charge is 2.49. The van der Waals surface area contributed by atoms with Gasteiger partial charge in [0.2, 0.25) is 0 Å². The maximum absolute atomic E-state index is 10.7. The van der Waals surface area contributed by atoms with E-state index in [0.717, 1.165) is 19.1 Å². The van der Waals surface area contributed by atoms with Crippen LogP contribution in [0, 0.1) is 11.3 Å². The van der Waals surface area contributed by atoms with Crippen LogP contribution in [0.3, 0.4) is 0 Å². The van der Waals surface area contributed by atoms with Gasteiger partial charge in [0.25, 0.3) is 6.21 Å². The Kier molecular flexibility index (Phi) is 1.79. The van der Waals surface area contributed by atoms with Gasteiger partial charge in [-0.1, -0.05) is 0 Å². The van der Waals surface area contributed by atoms with Crippen LogP contribution in [-0.2, 0) is 4.79 Å². The first kappa shape index (κ1) is 7.95. The summed E-state index contributed by atoms with van der Waals surface area (Å²) in [7, 11) is 0. The van der Waals surface area contributed by atoms with Crippen LogP contribution in [0.15, 0.2) is 0 Å². The van der Waals surface area contributed by atoms with Crippen LogP contribution in [0.1, 0.15) is 19.8 Å². The maximum atomic E-state index is 10.7. The van der Waals surface area contributed by atoms with Crippen molar-refractivity contribution in [3.8, 4) is 0 Å². The molecule has 0 aromatic carbocycles. The van der Waals surface area contributed by atoms with Gasteiger partial charge in [-0.2, -0.15) is 4.79 Å². The molecule has 0 spiro atoms. The zero-order valence-corrected chi connectivity index (χ0v) is 6.32. The lowest BCUT2D eigenvalue weighted by Gasteiger charge is -2.12. The molecule has 1 saturated carbocycles. The lowest BCUT2D eigenvalue weighted by Crippen LogP contribution is -2.31. The highest BCUT2D eigenvalue weighted by Crippen LogP contribution is 2.44. The standard InChI is InChI=1S/C7H10N2O2/c1-7(4-9-8,6(10)11)5-2-3-5/h4-5H,2-3H2,1H3,(H,10,11). The van der Waals surface area contributed by atoms with Gasteiger partial charge in [-0.3, -0.25) is 4.79 Å². The number of hydrogen-bond donors (Lipinski definition) is 1. The van der Waals surface area contributed by atoms with Gasteiger partial charge in [-0.15, -0.1) is 0 Å². The fourth-order valence-corrected chi connectivity index (χ4v) is 1.14. The van der Waals surface area contributed by atoms with Gasteiger partial charge in [-0.25, -0.2) is 0 Å². The molecule has 1 atom stereocenters. The summed E-state index contributed by atoms with van der Waals surface area (Å²) in [6.45, 7) is 1.58. The van der Waals surface area contributed by atoms with E-state index in [9.17, 15) is 4.79 Å². The van der Waals surface area contributed by atoms with Crippen molar-refractivity contribution in [2.75, 3.05) is 0 Å². The van der Waals surface area contributed by atoms with Crippen molar-refractivity contribution in [3.05, 3.63) is 5.53 Å². The highest BCUT2D eigenvalue weighted by molar-refractivity contribution is 5.92. The Balaban J connectivity index is 2.85. The Labute approximate surface area is 64.5 Å². The average Bonchev–Trinajstić information content (AvgIpc) is 2.68. The molecule has 0 bridgehead atoms. The molecule has 4 heteroatoms. The fourth-order valence-electron chi connectivity index (χ4n) is 1.14. The van der Waals surface area contributed by atoms with Crippen LogP contribution < -0.4 is 0 Å². The second-order valence-corrected chi connectivity index (χ2v) is 3.11. The minimum absolute atomic E-state index is 0.149. The summed E-state index contributed by atoms with van der Waals surface area (Å²) >= 11 is 0. The van der Waals surface area contributed by atoms with Crippen LogP contribution >= 0.6 is 0 Å².